The van der Waals surface area contributed by atoms with Crippen LogP contribution in [-0.4, -0.2) is 23.5 Å². The Morgan fingerprint density at radius 2 is 0.917 bits per heavy atom. The fourth-order valence-corrected chi connectivity index (χ4v) is 4.34. The molecular formula is C28H14Cl2O6. The number of carbonyl (C=O) groups is 4. The monoisotopic (exact) mass is 516 g/mol. The third kappa shape index (κ3) is 4.06. The van der Waals surface area contributed by atoms with E-state index in [0.717, 1.165) is 0 Å². The zero-order valence-electron chi connectivity index (χ0n) is 18.3. The van der Waals surface area contributed by atoms with Crippen molar-refractivity contribution in [3.8, 4) is 11.5 Å². The summed E-state index contributed by atoms with van der Waals surface area (Å²) in [6, 6.07) is 21.3. The van der Waals surface area contributed by atoms with Crippen LogP contribution in [0.25, 0.3) is 0 Å². The summed E-state index contributed by atoms with van der Waals surface area (Å²) in [4.78, 5) is 52.4. The Labute approximate surface area is 215 Å². The van der Waals surface area contributed by atoms with Gasteiger partial charge in [-0.15, -0.1) is 0 Å². The van der Waals surface area contributed by atoms with Crippen LogP contribution in [0.3, 0.4) is 0 Å². The zero-order valence-corrected chi connectivity index (χ0v) is 19.8. The summed E-state index contributed by atoms with van der Waals surface area (Å²) in [5.41, 5.74) is 0.118. The van der Waals surface area contributed by atoms with Gasteiger partial charge in [0.2, 0.25) is 0 Å². The van der Waals surface area contributed by atoms with Gasteiger partial charge in [-0.2, -0.15) is 0 Å². The lowest BCUT2D eigenvalue weighted by Gasteiger charge is -2.21. The van der Waals surface area contributed by atoms with E-state index < -0.39 is 23.5 Å². The van der Waals surface area contributed by atoms with Crippen molar-refractivity contribution in [1.82, 2.24) is 0 Å². The van der Waals surface area contributed by atoms with Crippen molar-refractivity contribution >= 4 is 46.7 Å². The molecule has 0 heterocycles. The average molecular weight is 517 g/mol. The van der Waals surface area contributed by atoms with Crippen LogP contribution in [0.15, 0.2) is 84.9 Å². The van der Waals surface area contributed by atoms with Crippen LogP contribution in [0, 0.1) is 0 Å². The summed E-state index contributed by atoms with van der Waals surface area (Å²) < 4.78 is 11.0. The second kappa shape index (κ2) is 9.41. The van der Waals surface area contributed by atoms with E-state index in [1.54, 1.807) is 24.3 Å². The molecule has 0 bridgehead atoms. The first-order valence-electron chi connectivity index (χ1n) is 10.7. The number of benzene rings is 4. The van der Waals surface area contributed by atoms with E-state index in [0.29, 0.717) is 0 Å². The Kier molecular flexibility index (Phi) is 6.14. The summed E-state index contributed by atoms with van der Waals surface area (Å²) in [5, 5.41) is 0.370. The molecular weight excluding hydrogens is 503 g/mol. The van der Waals surface area contributed by atoms with E-state index in [4.69, 9.17) is 32.7 Å². The fourth-order valence-electron chi connectivity index (χ4n) is 3.91. The van der Waals surface area contributed by atoms with Crippen LogP contribution in [0.5, 0.6) is 11.5 Å². The molecule has 0 saturated heterocycles. The highest BCUT2D eigenvalue weighted by atomic mass is 35.5. The van der Waals surface area contributed by atoms with Gasteiger partial charge in [-0.1, -0.05) is 71.7 Å². The summed E-state index contributed by atoms with van der Waals surface area (Å²) in [6.07, 6.45) is 0. The molecule has 0 aliphatic heterocycles. The molecule has 36 heavy (non-hydrogen) atoms. The molecule has 0 aromatic heterocycles. The number of ketones is 2. The van der Waals surface area contributed by atoms with Crippen molar-refractivity contribution in [3.63, 3.8) is 0 Å². The topological polar surface area (TPSA) is 86.7 Å². The predicted octanol–water partition coefficient (Wildman–Crippen LogP) is 6.21. The Balaban J connectivity index is 1.52. The standard InChI is InChI=1S/C28H14Cl2O6/c29-19-11-3-1-7-15(19)27(33)35-21-13-5-9-17-23(21)25(31)18-10-6-14-22(24(18)26(17)32)36-28(34)16-8-2-4-12-20(16)30/h1-14H. The highest BCUT2D eigenvalue weighted by molar-refractivity contribution is 6.34. The number of rotatable bonds is 4. The zero-order chi connectivity index (χ0) is 25.4. The first-order valence-corrected chi connectivity index (χ1v) is 11.4. The van der Waals surface area contributed by atoms with E-state index in [-0.39, 0.29) is 54.9 Å². The van der Waals surface area contributed by atoms with Crippen molar-refractivity contribution in [1.29, 1.82) is 0 Å². The van der Waals surface area contributed by atoms with Gasteiger partial charge in [0.1, 0.15) is 11.5 Å². The highest BCUT2D eigenvalue weighted by Gasteiger charge is 2.36. The van der Waals surface area contributed by atoms with Crippen molar-refractivity contribution < 1.29 is 28.7 Å². The van der Waals surface area contributed by atoms with Crippen LogP contribution >= 0.6 is 23.2 Å². The molecule has 0 radical (unpaired) electrons. The predicted molar refractivity (Wildman–Crippen MR) is 133 cm³/mol. The first-order chi connectivity index (χ1) is 17.4. The molecule has 5 rings (SSSR count). The van der Waals surface area contributed by atoms with Gasteiger partial charge in [-0.25, -0.2) is 9.59 Å². The third-order valence-corrected chi connectivity index (χ3v) is 6.25. The van der Waals surface area contributed by atoms with Gasteiger partial charge < -0.3 is 9.47 Å². The summed E-state index contributed by atoms with van der Waals surface area (Å²) >= 11 is 12.2. The van der Waals surface area contributed by atoms with Gasteiger partial charge in [0.25, 0.3) is 0 Å². The molecule has 0 amide bonds. The van der Waals surface area contributed by atoms with Gasteiger partial charge in [0.15, 0.2) is 11.6 Å². The number of halogens is 2. The summed E-state index contributed by atoms with van der Waals surface area (Å²) in [6.45, 7) is 0. The average Bonchev–Trinajstić information content (AvgIpc) is 2.87. The third-order valence-electron chi connectivity index (χ3n) is 5.59. The maximum Gasteiger partial charge on any atom is 0.345 e. The minimum atomic E-state index is -0.775. The largest absolute Gasteiger partial charge is 0.422 e. The lowest BCUT2D eigenvalue weighted by molar-refractivity contribution is 0.0718. The van der Waals surface area contributed by atoms with E-state index >= 15 is 0 Å². The molecule has 4 aromatic rings. The SMILES string of the molecule is O=C(Oc1cccc2c1C(=O)c1cccc(OC(=O)c3ccccc3Cl)c1C2=O)c1ccccc1Cl. The van der Waals surface area contributed by atoms with Crippen molar-refractivity contribution in [2.24, 2.45) is 0 Å². The van der Waals surface area contributed by atoms with E-state index in [1.165, 1.54) is 60.7 Å². The van der Waals surface area contributed by atoms with E-state index in [1.807, 2.05) is 0 Å². The number of hydrogen-bond acceptors (Lipinski definition) is 6. The molecule has 176 valence electrons. The highest BCUT2D eigenvalue weighted by Crippen LogP contribution is 2.38. The number of hydrogen-bond donors (Lipinski definition) is 0. The lowest BCUT2D eigenvalue weighted by Crippen LogP contribution is -2.24. The second-order valence-electron chi connectivity index (χ2n) is 7.75. The quantitative estimate of drug-likeness (QED) is 0.208. The summed E-state index contributed by atoms with van der Waals surface area (Å²) in [7, 11) is 0. The summed E-state index contributed by atoms with van der Waals surface area (Å²) in [5.74, 6) is -2.83. The molecule has 0 N–H and O–H groups in total. The van der Waals surface area contributed by atoms with Gasteiger partial charge in [0, 0.05) is 11.1 Å². The Morgan fingerprint density at radius 3 is 1.31 bits per heavy atom. The van der Waals surface area contributed by atoms with E-state index in [2.05, 4.69) is 0 Å². The first kappa shape index (κ1) is 23.5. The van der Waals surface area contributed by atoms with Gasteiger partial charge in [-0.3, -0.25) is 9.59 Å². The van der Waals surface area contributed by atoms with Gasteiger partial charge in [0.05, 0.1) is 32.3 Å². The van der Waals surface area contributed by atoms with Crippen molar-refractivity contribution in [2.45, 2.75) is 0 Å². The van der Waals surface area contributed by atoms with Gasteiger partial charge >= 0.3 is 11.9 Å². The number of esters is 2. The smallest absolute Gasteiger partial charge is 0.345 e. The second-order valence-corrected chi connectivity index (χ2v) is 8.57. The van der Waals surface area contributed by atoms with Crippen LogP contribution < -0.4 is 9.47 Å². The Hall–Kier alpha value is -4.26. The maximum absolute atomic E-state index is 13.5. The van der Waals surface area contributed by atoms with E-state index in [9.17, 15) is 19.2 Å². The van der Waals surface area contributed by atoms with Crippen molar-refractivity contribution in [2.75, 3.05) is 0 Å². The van der Waals surface area contributed by atoms with Crippen LogP contribution in [0.2, 0.25) is 10.0 Å². The molecule has 0 saturated carbocycles. The molecule has 0 fully saturated rings. The lowest BCUT2D eigenvalue weighted by atomic mass is 9.83. The van der Waals surface area contributed by atoms with Crippen LogP contribution in [0.1, 0.15) is 52.6 Å². The van der Waals surface area contributed by atoms with Crippen LogP contribution in [0.4, 0.5) is 0 Å². The molecule has 0 unspecified atom stereocenters. The minimum Gasteiger partial charge on any atom is -0.422 e. The van der Waals surface area contributed by atoms with Crippen LogP contribution in [-0.2, 0) is 0 Å². The normalized spacial score (nSPS) is 11.9. The molecule has 0 spiro atoms. The molecule has 8 heteroatoms. The molecule has 6 nitrogen and oxygen atoms in total. The fraction of sp³-hybridized carbons (Fsp3) is 0. The number of fused-ring (bicyclic) bond motifs is 2. The number of ether oxygens (including phenoxy) is 2. The van der Waals surface area contributed by atoms with Gasteiger partial charge in [-0.05, 0) is 36.4 Å². The molecule has 1 aliphatic rings. The Morgan fingerprint density at radius 1 is 0.528 bits per heavy atom. The van der Waals surface area contributed by atoms with Crippen molar-refractivity contribution in [3.05, 3.63) is 128 Å². The number of carbonyl (C=O) groups excluding carboxylic acids is 4. The molecule has 1 aliphatic carbocycles. The minimum absolute atomic E-state index is 0.0122. The Bertz CT molecular complexity index is 1470. The molecule has 0 atom stereocenters. The molecule has 4 aromatic carbocycles. The maximum atomic E-state index is 13.5.